The van der Waals surface area contributed by atoms with E-state index in [4.69, 9.17) is 12.2 Å². The van der Waals surface area contributed by atoms with Crippen LogP contribution in [0.25, 0.3) is 0 Å². The van der Waals surface area contributed by atoms with Gasteiger partial charge in [0.1, 0.15) is 0 Å². The third kappa shape index (κ3) is 4.28. The maximum atomic E-state index is 5.32. The van der Waals surface area contributed by atoms with Gasteiger partial charge in [0.25, 0.3) is 0 Å². The second kappa shape index (κ2) is 7.10. The van der Waals surface area contributed by atoms with Gasteiger partial charge in [-0.25, -0.2) is 0 Å². The Labute approximate surface area is 106 Å². The molecule has 0 aromatic rings. The lowest BCUT2D eigenvalue weighted by Crippen LogP contribution is -2.47. The zero-order chi connectivity index (χ0) is 12.0. The number of unbranched alkanes of at least 4 members (excludes halogenated alkanes) is 1. The van der Waals surface area contributed by atoms with E-state index in [9.17, 15) is 0 Å². The van der Waals surface area contributed by atoms with Crippen LogP contribution in [0, 0.1) is 11.8 Å². The van der Waals surface area contributed by atoms with Gasteiger partial charge in [0.2, 0.25) is 0 Å². The topological polar surface area (TPSA) is 24.1 Å². The Morgan fingerprint density at radius 2 is 2.06 bits per heavy atom. The molecule has 2 nitrogen and oxygen atoms in total. The van der Waals surface area contributed by atoms with Crippen molar-refractivity contribution >= 4 is 17.3 Å². The fraction of sp³-hybridized carbons (Fsp3) is 0.923. The van der Waals surface area contributed by atoms with Gasteiger partial charge in [0, 0.05) is 12.6 Å². The summed E-state index contributed by atoms with van der Waals surface area (Å²) in [5.41, 5.74) is 0. The van der Waals surface area contributed by atoms with E-state index < -0.39 is 0 Å². The van der Waals surface area contributed by atoms with Gasteiger partial charge in [-0.2, -0.15) is 0 Å². The summed E-state index contributed by atoms with van der Waals surface area (Å²) in [5.74, 6) is 1.56. The molecule has 16 heavy (non-hydrogen) atoms. The molecule has 0 aliphatic heterocycles. The predicted molar refractivity (Wildman–Crippen MR) is 74.6 cm³/mol. The molecule has 94 valence electrons. The molecule has 3 heteroatoms. The second-order valence-electron chi connectivity index (χ2n) is 5.13. The molecule has 1 aliphatic rings. The summed E-state index contributed by atoms with van der Waals surface area (Å²) in [6.45, 7) is 7.89. The van der Waals surface area contributed by atoms with Crippen molar-refractivity contribution in [1.82, 2.24) is 10.6 Å². The minimum atomic E-state index is 0.574. The first-order valence-corrected chi connectivity index (χ1v) is 7.10. The fourth-order valence-electron chi connectivity index (χ4n) is 2.38. The third-order valence-electron chi connectivity index (χ3n) is 3.84. The zero-order valence-electron chi connectivity index (χ0n) is 10.9. The maximum absolute atomic E-state index is 5.32. The van der Waals surface area contributed by atoms with Crippen LogP contribution in [0.3, 0.4) is 0 Å². The molecular formula is C13H26N2S. The lowest BCUT2D eigenvalue weighted by molar-refractivity contribution is 0.224. The Morgan fingerprint density at radius 1 is 1.31 bits per heavy atom. The van der Waals surface area contributed by atoms with Crippen molar-refractivity contribution in [3.05, 3.63) is 0 Å². The van der Waals surface area contributed by atoms with Crippen molar-refractivity contribution in [2.75, 3.05) is 6.54 Å². The van der Waals surface area contributed by atoms with Crippen LogP contribution in [0.1, 0.15) is 52.9 Å². The molecule has 1 saturated carbocycles. The molecule has 2 N–H and O–H groups in total. The fourth-order valence-corrected chi connectivity index (χ4v) is 2.64. The van der Waals surface area contributed by atoms with E-state index in [0.717, 1.165) is 23.5 Å². The third-order valence-corrected chi connectivity index (χ3v) is 4.10. The zero-order valence-corrected chi connectivity index (χ0v) is 11.7. The highest BCUT2D eigenvalue weighted by molar-refractivity contribution is 7.80. The molecule has 1 rings (SSSR count). The van der Waals surface area contributed by atoms with Gasteiger partial charge in [0.05, 0.1) is 0 Å². The summed E-state index contributed by atoms with van der Waals surface area (Å²) in [6, 6.07) is 0.574. The highest BCUT2D eigenvalue weighted by atomic mass is 32.1. The van der Waals surface area contributed by atoms with Gasteiger partial charge in [-0.15, -0.1) is 0 Å². The van der Waals surface area contributed by atoms with Crippen LogP contribution >= 0.6 is 12.2 Å². The normalized spacial score (nSPS) is 29.8. The molecule has 0 radical (unpaired) electrons. The Kier molecular flexibility index (Phi) is 6.10. The van der Waals surface area contributed by atoms with Crippen LogP contribution in [0.2, 0.25) is 0 Å². The van der Waals surface area contributed by atoms with E-state index in [-0.39, 0.29) is 0 Å². The molecule has 3 unspecified atom stereocenters. The molecule has 1 fully saturated rings. The largest absolute Gasteiger partial charge is 0.363 e. The summed E-state index contributed by atoms with van der Waals surface area (Å²) in [6.07, 6.45) is 6.38. The minimum Gasteiger partial charge on any atom is -0.363 e. The van der Waals surface area contributed by atoms with Gasteiger partial charge < -0.3 is 10.6 Å². The van der Waals surface area contributed by atoms with Crippen molar-refractivity contribution < 1.29 is 0 Å². The van der Waals surface area contributed by atoms with Crippen molar-refractivity contribution in [2.45, 2.75) is 58.9 Å². The molecule has 0 heterocycles. The summed E-state index contributed by atoms with van der Waals surface area (Å²) in [5, 5.41) is 7.61. The second-order valence-corrected chi connectivity index (χ2v) is 5.54. The van der Waals surface area contributed by atoms with E-state index in [2.05, 4.69) is 31.4 Å². The Hall–Kier alpha value is -0.310. The summed E-state index contributed by atoms with van der Waals surface area (Å²) in [4.78, 5) is 0. The van der Waals surface area contributed by atoms with Crippen molar-refractivity contribution in [2.24, 2.45) is 11.8 Å². The Bertz CT molecular complexity index is 218. The number of nitrogens with one attached hydrogen (secondary N) is 2. The Balaban J connectivity index is 2.26. The summed E-state index contributed by atoms with van der Waals surface area (Å²) < 4.78 is 0. The first-order valence-electron chi connectivity index (χ1n) is 6.69. The first-order chi connectivity index (χ1) is 7.65. The Morgan fingerprint density at radius 3 is 2.75 bits per heavy atom. The van der Waals surface area contributed by atoms with E-state index in [1.807, 2.05) is 0 Å². The number of rotatable bonds is 4. The number of hydrogen-bond donors (Lipinski definition) is 2. The molecule has 0 amide bonds. The molecule has 0 aromatic carbocycles. The first kappa shape index (κ1) is 13.8. The van der Waals surface area contributed by atoms with Crippen molar-refractivity contribution in [3.8, 4) is 0 Å². The van der Waals surface area contributed by atoms with Crippen molar-refractivity contribution in [3.63, 3.8) is 0 Å². The van der Waals surface area contributed by atoms with Crippen LogP contribution in [0.15, 0.2) is 0 Å². The standard InChI is InChI=1S/C13H26N2S/c1-4-5-9-14-13(16)15-12-8-6-7-10(2)11(12)3/h10-12H,4-9H2,1-3H3,(H2,14,15,16). The molecule has 1 aliphatic carbocycles. The lowest BCUT2D eigenvalue weighted by Gasteiger charge is -2.35. The minimum absolute atomic E-state index is 0.574. The average Bonchev–Trinajstić information content (AvgIpc) is 2.25. The van der Waals surface area contributed by atoms with Gasteiger partial charge in [-0.1, -0.05) is 40.0 Å². The molecule has 0 bridgehead atoms. The van der Waals surface area contributed by atoms with Crippen LogP contribution in [0.4, 0.5) is 0 Å². The van der Waals surface area contributed by atoms with Crippen LogP contribution in [-0.2, 0) is 0 Å². The highest BCUT2D eigenvalue weighted by Crippen LogP contribution is 2.29. The lowest BCUT2D eigenvalue weighted by atomic mass is 9.78. The van der Waals surface area contributed by atoms with Crippen LogP contribution in [-0.4, -0.2) is 17.7 Å². The summed E-state index contributed by atoms with van der Waals surface area (Å²) in [7, 11) is 0. The highest BCUT2D eigenvalue weighted by Gasteiger charge is 2.27. The average molecular weight is 242 g/mol. The van der Waals surface area contributed by atoms with Gasteiger partial charge in [-0.3, -0.25) is 0 Å². The van der Waals surface area contributed by atoms with Crippen molar-refractivity contribution in [1.29, 1.82) is 0 Å². The summed E-state index contributed by atoms with van der Waals surface area (Å²) >= 11 is 5.32. The van der Waals surface area contributed by atoms with E-state index >= 15 is 0 Å². The smallest absolute Gasteiger partial charge is 0.166 e. The molecule has 0 aromatic heterocycles. The van der Waals surface area contributed by atoms with Gasteiger partial charge in [-0.05, 0) is 36.9 Å². The molecule has 3 atom stereocenters. The maximum Gasteiger partial charge on any atom is 0.166 e. The monoisotopic (exact) mass is 242 g/mol. The van der Waals surface area contributed by atoms with Crippen LogP contribution in [0.5, 0.6) is 0 Å². The number of thiocarbonyl (C=S) groups is 1. The SMILES string of the molecule is CCCCNC(=S)NC1CCCC(C)C1C. The van der Waals surface area contributed by atoms with Gasteiger partial charge in [0.15, 0.2) is 5.11 Å². The van der Waals surface area contributed by atoms with Crippen LogP contribution < -0.4 is 10.6 Å². The molecular weight excluding hydrogens is 216 g/mol. The number of hydrogen-bond acceptors (Lipinski definition) is 1. The molecule has 0 saturated heterocycles. The quantitative estimate of drug-likeness (QED) is 0.585. The van der Waals surface area contributed by atoms with E-state index in [0.29, 0.717) is 6.04 Å². The predicted octanol–water partition coefficient (Wildman–Crippen LogP) is 3.08. The van der Waals surface area contributed by atoms with E-state index in [1.165, 1.54) is 32.1 Å². The molecule has 0 spiro atoms. The van der Waals surface area contributed by atoms with E-state index in [1.54, 1.807) is 0 Å². The van der Waals surface area contributed by atoms with Gasteiger partial charge >= 0.3 is 0 Å².